The second-order valence-electron chi connectivity index (χ2n) is 6.52. The number of nitrogens with one attached hydrogen (secondary N) is 2. The number of nitrogens with zero attached hydrogens (tertiary/aromatic N) is 2. The first kappa shape index (κ1) is 20.6. The van der Waals surface area contributed by atoms with Gasteiger partial charge in [0.15, 0.2) is 5.82 Å². The van der Waals surface area contributed by atoms with Crippen LogP contribution in [-0.4, -0.2) is 22.0 Å². The number of hydrogen-bond acceptors (Lipinski definition) is 6. The van der Waals surface area contributed by atoms with E-state index in [9.17, 15) is 9.59 Å². The number of benzene rings is 2. The molecule has 0 fully saturated rings. The normalized spacial score (nSPS) is 11.7. The van der Waals surface area contributed by atoms with E-state index in [0.29, 0.717) is 28.7 Å². The Balaban J connectivity index is 1.69. The van der Waals surface area contributed by atoms with Crippen LogP contribution in [0.2, 0.25) is 0 Å². The molecule has 0 radical (unpaired) electrons. The molecule has 1 atom stereocenters. The van der Waals surface area contributed by atoms with E-state index in [0.717, 1.165) is 10.5 Å². The van der Waals surface area contributed by atoms with Gasteiger partial charge in [-0.2, -0.15) is 4.98 Å². The first-order chi connectivity index (χ1) is 13.9. The highest BCUT2D eigenvalue weighted by molar-refractivity contribution is 7.98. The lowest BCUT2D eigenvalue weighted by Gasteiger charge is -2.17. The quantitative estimate of drug-likeness (QED) is 0.569. The maximum Gasteiger partial charge on any atom is 0.252 e. The van der Waals surface area contributed by atoms with E-state index in [1.54, 1.807) is 13.0 Å². The summed E-state index contributed by atoms with van der Waals surface area (Å²) in [5.41, 5.74) is 2.18. The van der Waals surface area contributed by atoms with Crippen molar-refractivity contribution in [2.24, 2.45) is 0 Å². The molecule has 8 heteroatoms. The summed E-state index contributed by atoms with van der Waals surface area (Å²) in [6.45, 7) is 5.11. The van der Waals surface area contributed by atoms with Crippen molar-refractivity contribution in [1.29, 1.82) is 0 Å². The van der Waals surface area contributed by atoms with Crippen LogP contribution in [0.3, 0.4) is 0 Å². The topological polar surface area (TPSA) is 97.1 Å². The summed E-state index contributed by atoms with van der Waals surface area (Å²) in [6.07, 6.45) is 0. The average molecular weight is 410 g/mol. The van der Waals surface area contributed by atoms with Gasteiger partial charge in [-0.25, -0.2) is 0 Å². The number of aromatic nitrogens is 2. The predicted octanol–water partition coefficient (Wildman–Crippen LogP) is 4.12. The molecule has 0 aliphatic heterocycles. The van der Waals surface area contributed by atoms with Crippen molar-refractivity contribution in [2.45, 2.75) is 37.5 Å². The summed E-state index contributed by atoms with van der Waals surface area (Å²) in [7, 11) is 0. The van der Waals surface area contributed by atoms with Crippen LogP contribution >= 0.6 is 11.8 Å². The molecule has 3 rings (SSSR count). The lowest BCUT2D eigenvalue weighted by atomic mass is 10.1. The van der Waals surface area contributed by atoms with Crippen LogP contribution in [0.15, 0.2) is 57.9 Å². The second kappa shape index (κ2) is 9.38. The molecule has 0 aliphatic rings. The average Bonchev–Trinajstić information content (AvgIpc) is 3.11. The lowest BCUT2D eigenvalue weighted by Crippen LogP contribution is -2.27. The molecule has 2 amide bonds. The molecule has 1 aromatic heterocycles. The molecule has 0 spiro atoms. The molecule has 0 bridgehead atoms. The molecule has 0 saturated heterocycles. The van der Waals surface area contributed by atoms with Crippen molar-refractivity contribution in [3.8, 4) is 0 Å². The van der Waals surface area contributed by atoms with Gasteiger partial charge in [0, 0.05) is 24.4 Å². The highest BCUT2D eigenvalue weighted by Gasteiger charge is 2.16. The maximum atomic E-state index is 12.9. The summed E-state index contributed by atoms with van der Waals surface area (Å²) in [5.74, 6) is 1.31. The van der Waals surface area contributed by atoms with Crippen molar-refractivity contribution in [3.63, 3.8) is 0 Å². The number of thioether (sulfide) groups is 1. The fourth-order valence-electron chi connectivity index (χ4n) is 2.77. The fraction of sp³-hybridized carbons (Fsp3) is 0.238. The highest BCUT2D eigenvalue weighted by atomic mass is 32.2. The molecule has 150 valence electrons. The number of rotatable bonds is 7. The van der Waals surface area contributed by atoms with E-state index < -0.39 is 0 Å². The molecule has 1 unspecified atom stereocenters. The van der Waals surface area contributed by atoms with Crippen LogP contribution in [0, 0.1) is 6.92 Å². The Bertz CT molecular complexity index is 1020. The van der Waals surface area contributed by atoms with Crippen molar-refractivity contribution in [2.75, 3.05) is 5.32 Å². The maximum absolute atomic E-state index is 12.9. The molecular weight excluding hydrogens is 388 g/mol. The molecule has 29 heavy (non-hydrogen) atoms. The number of amides is 2. The van der Waals surface area contributed by atoms with Gasteiger partial charge >= 0.3 is 0 Å². The van der Waals surface area contributed by atoms with E-state index >= 15 is 0 Å². The first-order valence-electron chi connectivity index (χ1n) is 9.12. The molecular formula is C21H22N4O3S. The van der Waals surface area contributed by atoms with E-state index in [1.807, 2.05) is 49.4 Å². The summed E-state index contributed by atoms with van der Waals surface area (Å²) in [6, 6.07) is 14.6. The van der Waals surface area contributed by atoms with Gasteiger partial charge in [-0.05, 0) is 36.8 Å². The van der Waals surface area contributed by atoms with Gasteiger partial charge in [0.1, 0.15) is 0 Å². The standard InChI is InChI=1S/C21H22N4O3S/c1-13(16-7-6-8-17(11-16)23-14(2)26)22-21(27)18-9-4-5-10-19(18)29-12-20-24-15(3)28-25-20/h4-11,13H,12H2,1-3H3,(H,22,27)(H,23,26). The minimum Gasteiger partial charge on any atom is -0.345 e. The summed E-state index contributed by atoms with van der Waals surface area (Å²) in [5, 5.41) is 9.66. The minimum absolute atomic E-state index is 0.137. The third kappa shape index (κ3) is 5.68. The van der Waals surface area contributed by atoms with Crippen LogP contribution in [0.4, 0.5) is 5.69 Å². The minimum atomic E-state index is -0.228. The van der Waals surface area contributed by atoms with Gasteiger partial charge in [0.25, 0.3) is 5.91 Å². The Labute approximate surface area is 173 Å². The number of carbonyl (C=O) groups excluding carboxylic acids is 2. The van der Waals surface area contributed by atoms with E-state index in [2.05, 4.69) is 20.8 Å². The van der Waals surface area contributed by atoms with Gasteiger partial charge in [-0.15, -0.1) is 11.8 Å². The zero-order chi connectivity index (χ0) is 20.8. The van der Waals surface area contributed by atoms with Gasteiger partial charge in [-0.3, -0.25) is 9.59 Å². The fourth-order valence-corrected chi connectivity index (χ4v) is 3.66. The molecule has 3 aromatic rings. The van der Waals surface area contributed by atoms with Gasteiger partial charge in [0.2, 0.25) is 11.8 Å². The van der Waals surface area contributed by atoms with E-state index in [4.69, 9.17) is 4.52 Å². The molecule has 1 heterocycles. The van der Waals surface area contributed by atoms with Crippen molar-refractivity contribution in [1.82, 2.24) is 15.5 Å². The number of hydrogen-bond donors (Lipinski definition) is 2. The lowest BCUT2D eigenvalue weighted by molar-refractivity contribution is -0.114. The van der Waals surface area contributed by atoms with Crippen LogP contribution in [0.5, 0.6) is 0 Å². The van der Waals surface area contributed by atoms with Gasteiger partial charge < -0.3 is 15.2 Å². The molecule has 2 N–H and O–H groups in total. The van der Waals surface area contributed by atoms with Crippen molar-refractivity contribution < 1.29 is 14.1 Å². The van der Waals surface area contributed by atoms with Gasteiger partial charge in [0.05, 0.1) is 17.4 Å². The molecule has 2 aromatic carbocycles. The second-order valence-corrected chi connectivity index (χ2v) is 7.53. The monoisotopic (exact) mass is 410 g/mol. The van der Waals surface area contributed by atoms with E-state index in [1.165, 1.54) is 18.7 Å². The van der Waals surface area contributed by atoms with Crippen LogP contribution in [-0.2, 0) is 10.5 Å². The molecule has 0 aliphatic carbocycles. The summed E-state index contributed by atoms with van der Waals surface area (Å²) in [4.78, 5) is 29.2. The summed E-state index contributed by atoms with van der Waals surface area (Å²) >= 11 is 1.48. The van der Waals surface area contributed by atoms with Crippen molar-refractivity contribution in [3.05, 3.63) is 71.4 Å². The smallest absolute Gasteiger partial charge is 0.252 e. The van der Waals surface area contributed by atoms with Crippen LogP contribution in [0.1, 0.15) is 47.5 Å². The van der Waals surface area contributed by atoms with Crippen LogP contribution in [0.25, 0.3) is 0 Å². The molecule has 7 nitrogen and oxygen atoms in total. The largest absolute Gasteiger partial charge is 0.345 e. The number of anilines is 1. The third-order valence-electron chi connectivity index (χ3n) is 4.11. The van der Waals surface area contributed by atoms with Gasteiger partial charge in [-0.1, -0.05) is 29.4 Å². The Hall–Kier alpha value is -3.13. The zero-order valence-corrected chi connectivity index (χ0v) is 17.2. The number of aryl methyl sites for hydroxylation is 1. The Morgan fingerprint density at radius 3 is 2.69 bits per heavy atom. The Morgan fingerprint density at radius 1 is 1.17 bits per heavy atom. The Morgan fingerprint density at radius 2 is 1.97 bits per heavy atom. The zero-order valence-electron chi connectivity index (χ0n) is 16.4. The van der Waals surface area contributed by atoms with E-state index in [-0.39, 0.29) is 17.9 Å². The Kier molecular flexibility index (Phi) is 6.66. The summed E-state index contributed by atoms with van der Waals surface area (Å²) < 4.78 is 4.99. The third-order valence-corrected chi connectivity index (χ3v) is 5.18. The highest BCUT2D eigenvalue weighted by Crippen LogP contribution is 2.26. The van der Waals surface area contributed by atoms with Crippen molar-refractivity contribution >= 4 is 29.3 Å². The predicted molar refractivity (Wildman–Crippen MR) is 112 cm³/mol. The number of carbonyl (C=O) groups is 2. The van der Waals surface area contributed by atoms with Crippen LogP contribution < -0.4 is 10.6 Å². The first-order valence-corrected chi connectivity index (χ1v) is 10.1. The molecule has 0 saturated carbocycles. The SMILES string of the molecule is CC(=O)Nc1cccc(C(C)NC(=O)c2ccccc2SCc2noc(C)n2)c1.